The largest absolute Gasteiger partial charge is 0.486 e. The van der Waals surface area contributed by atoms with Gasteiger partial charge in [0.1, 0.15) is 13.2 Å². The minimum Gasteiger partial charge on any atom is -0.486 e. The number of sulfonamides is 1. The number of rotatable bonds is 4. The fourth-order valence-electron chi connectivity index (χ4n) is 2.31. The van der Waals surface area contributed by atoms with E-state index in [4.69, 9.17) is 21.1 Å². The van der Waals surface area contributed by atoms with E-state index in [1.165, 1.54) is 12.1 Å². The normalized spacial score (nSPS) is 15.2. The number of halogens is 1. The predicted molar refractivity (Wildman–Crippen MR) is 87.6 cm³/mol. The first-order valence-electron chi connectivity index (χ1n) is 7.13. The molecule has 1 heterocycles. The maximum atomic E-state index is 12.5. The van der Waals surface area contributed by atoms with Crippen molar-refractivity contribution in [3.05, 3.63) is 53.1 Å². The van der Waals surface area contributed by atoms with Gasteiger partial charge in [-0.25, -0.2) is 13.1 Å². The second kappa shape index (κ2) is 6.39. The highest BCUT2D eigenvalue weighted by Gasteiger charge is 2.21. The molecule has 5 nitrogen and oxygen atoms in total. The van der Waals surface area contributed by atoms with Gasteiger partial charge in [-0.05, 0) is 36.8 Å². The van der Waals surface area contributed by atoms with Gasteiger partial charge in [0.05, 0.1) is 4.90 Å². The van der Waals surface area contributed by atoms with Crippen LogP contribution in [0.1, 0.15) is 18.5 Å². The quantitative estimate of drug-likeness (QED) is 0.917. The molecule has 0 aliphatic carbocycles. The summed E-state index contributed by atoms with van der Waals surface area (Å²) in [6, 6.07) is 11.2. The van der Waals surface area contributed by atoms with E-state index < -0.39 is 10.0 Å². The van der Waals surface area contributed by atoms with Crippen LogP contribution in [0.2, 0.25) is 5.02 Å². The molecule has 0 unspecified atom stereocenters. The third-order valence-corrected chi connectivity index (χ3v) is 5.32. The van der Waals surface area contributed by atoms with Gasteiger partial charge in [-0.15, -0.1) is 0 Å². The molecule has 23 heavy (non-hydrogen) atoms. The van der Waals surface area contributed by atoms with Gasteiger partial charge in [-0.1, -0.05) is 23.7 Å². The number of hydrogen-bond acceptors (Lipinski definition) is 4. The molecule has 0 fully saturated rings. The second-order valence-electron chi connectivity index (χ2n) is 5.20. The Bertz CT molecular complexity index is 805. The lowest BCUT2D eigenvalue weighted by atomic mass is 10.1. The summed E-state index contributed by atoms with van der Waals surface area (Å²) in [5.74, 6) is 0.999. The molecule has 1 aliphatic rings. The van der Waals surface area contributed by atoms with E-state index >= 15 is 0 Å². The molecule has 2 aromatic rings. The monoisotopic (exact) mass is 353 g/mol. The highest BCUT2D eigenvalue weighted by molar-refractivity contribution is 7.89. The van der Waals surface area contributed by atoms with Gasteiger partial charge in [0.2, 0.25) is 10.0 Å². The fraction of sp³-hybridized carbons (Fsp3) is 0.250. The summed E-state index contributed by atoms with van der Waals surface area (Å²) in [6.45, 7) is 2.65. The molecule has 7 heteroatoms. The van der Waals surface area contributed by atoms with Crippen LogP contribution in [0.4, 0.5) is 0 Å². The van der Waals surface area contributed by atoms with E-state index in [1.807, 2.05) is 0 Å². The molecular weight excluding hydrogens is 338 g/mol. The van der Waals surface area contributed by atoms with E-state index in [-0.39, 0.29) is 10.9 Å². The molecule has 0 radical (unpaired) electrons. The highest BCUT2D eigenvalue weighted by Crippen LogP contribution is 2.32. The van der Waals surface area contributed by atoms with Gasteiger partial charge in [-0.3, -0.25) is 0 Å². The van der Waals surface area contributed by atoms with E-state index in [0.29, 0.717) is 29.7 Å². The molecule has 1 atom stereocenters. The van der Waals surface area contributed by atoms with Crippen LogP contribution >= 0.6 is 11.6 Å². The molecular formula is C16H16ClNO4S. The summed E-state index contributed by atoms with van der Waals surface area (Å²) in [6.07, 6.45) is 0. The number of hydrogen-bond donors (Lipinski definition) is 1. The van der Waals surface area contributed by atoms with Crippen molar-refractivity contribution in [3.8, 4) is 11.5 Å². The predicted octanol–water partition coefficient (Wildman–Crippen LogP) is 3.15. The molecule has 1 aliphatic heterocycles. The zero-order valence-corrected chi connectivity index (χ0v) is 14.0. The van der Waals surface area contributed by atoms with Crippen molar-refractivity contribution in [1.82, 2.24) is 4.72 Å². The van der Waals surface area contributed by atoms with E-state index in [2.05, 4.69) is 4.72 Å². The van der Waals surface area contributed by atoms with Crippen molar-refractivity contribution >= 4 is 21.6 Å². The zero-order valence-electron chi connectivity index (χ0n) is 12.5. The Kier molecular flexibility index (Phi) is 4.48. The third-order valence-electron chi connectivity index (χ3n) is 3.53. The smallest absolute Gasteiger partial charge is 0.241 e. The first-order valence-corrected chi connectivity index (χ1v) is 8.99. The average molecular weight is 354 g/mol. The van der Waals surface area contributed by atoms with Gasteiger partial charge < -0.3 is 9.47 Å². The summed E-state index contributed by atoms with van der Waals surface area (Å²) in [4.78, 5) is 0.141. The van der Waals surface area contributed by atoms with E-state index in [0.717, 1.165) is 5.56 Å². The van der Waals surface area contributed by atoms with Gasteiger partial charge in [0, 0.05) is 17.1 Å². The molecule has 3 rings (SSSR count). The highest BCUT2D eigenvalue weighted by atomic mass is 35.5. The van der Waals surface area contributed by atoms with Crippen LogP contribution in [0.5, 0.6) is 11.5 Å². The van der Waals surface area contributed by atoms with Crippen molar-refractivity contribution in [2.75, 3.05) is 13.2 Å². The molecule has 0 amide bonds. The average Bonchev–Trinajstić information content (AvgIpc) is 2.54. The molecule has 1 N–H and O–H groups in total. The molecule has 0 aromatic heterocycles. The van der Waals surface area contributed by atoms with Crippen LogP contribution < -0.4 is 14.2 Å². The third kappa shape index (κ3) is 3.60. The minimum atomic E-state index is -3.67. The molecule has 0 bridgehead atoms. The van der Waals surface area contributed by atoms with Crippen molar-refractivity contribution in [2.24, 2.45) is 0 Å². The lowest BCUT2D eigenvalue weighted by Crippen LogP contribution is -2.27. The minimum absolute atomic E-state index is 0.141. The Balaban J connectivity index is 1.82. The number of ether oxygens (including phenoxy) is 2. The molecule has 122 valence electrons. The van der Waals surface area contributed by atoms with Gasteiger partial charge in [-0.2, -0.15) is 0 Å². The molecule has 0 spiro atoms. The van der Waals surface area contributed by atoms with Gasteiger partial charge in [0.15, 0.2) is 11.5 Å². The van der Waals surface area contributed by atoms with E-state index in [9.17, 15) is 8.42 Å². The molecule has 0 saturated heterocycles. The Morgan fingerprint density at radius 2 is 1.70 bits per heavy atom. The number of fused-ring (bicyclic) bond motifs is 1. The standard InChI is InChI=1S/C16H16ClNO4S/c1-11(12-2-4-13(17)5-3-12)18-23(19,20)14-6-7-15-16(10-14)22-9-8-21-15/h2-7,10-11,18H,8-9H2,1H3/t11-/m1/s1. The molecule has 0 saturated carbocycles. The van der Waals surface area contributed by atoms with Crippen LogP contribution in [0.3, 0.4) is 0 Å². The van der Waals surface area contributed by atoms with Crippen LogP contribution in [0.25, 0.3) is 0 Å². The van der Waals surface area contributed by atoms with Crippen LogP contribution in [-0.2, 0) is 10.0 Å². The number of benzene rings is 2. The Labute approximate surface area is 140 Å². The Morgan fingerprint density at radius 3 is 2.39 bits per heavy atom. The zero-order chi connectivity index (χ0) is 16.4. The van der Waals surface area contributed by atoms with Crippen molar-refractivity contribution in [1.29, 1.82) is 0 Å². The lowest BCUT2D eigenvalue weighted by molar-refractivity contribution is 0.171. The Hall–Kier alpha value is -1.76. The van der Waals surface area contributed by atoms with E-state index in [1.54, 1.807) is 37.3 Å². The summed E-state index contributed by atoms with van der Waals surface area (Å²) >= 11 is 5.85. The first kappa shape index (κ1) is 16.1. The van der Waals surface area contributed by atoms with Crippen molar-refractivity contribution in [2.45, 2.75) is 17.9 Å². The fourth-order valence-corrected chi connectivity index (χ4v) is 3.68. The van der Waals surface area contributed by atoms with Gasteiger partial charge in [0.25, 0.3) is 0 Å². The molecule has 2 aromatic carbocycles. The summed E-state index contributed by atoms with van der Waals surface area (Å²) < 4.78 is 38.5. The second-order valence-corrected chi connectivity index (χ2v) is 7.35. The lowest BCUT2D eigenvalue weighted by Gasteiger charge is -2.20. The first-order chi connectivity index (χ1) is 11.0. The van der Waals surface area contributed by atoms with Crippen molar-refractivity contribution < 1.29 is 17.9 Å². The summed E-state index contributed by atoms with van der Waals surface area (Å²) in [5.41, 5.74) is 0.829. The topological polar surface area (TPSA) is 64.6 Å². The van der Waals surface area contributed by atoms with Crippen molar-refractivity contribution in [3.63, 3.8) is 0 Å². The Morgan fingerprint density at radius 1 is 1.04 bits per heavy atom. The maximum Gasteiger partial charge on any atom is 0.241 e. The maximum absolute atomic E-state index is 12.5. The van der Waals surface area contributed by atoms with Crippen LogP contribution in [-0.4, -0.2) is 21.6 Å². The summed E-state index contributed by atoms with van der Waals surface area (Å²) in [7, 11) is -3.67. The SMILES string of the molecule is C[C@@H](NS(=O)(=O)c1ccc2c(c1)OCCO2)c1ccc(Cl)cc1. The summed E-state index contributed by atoms with van der Waals surface area (Å²) in [5, 5.41) is 0.607. The van der Waals surface area contributed by atoms with Crippen LogP contribution in [0, 0.1) is 0 Å². The number of nitrogens with one attached hydrogen (secondary N) is 1. The van der Waals surface area contributed by atoms with Crippen LogP contribution in [0.15, 0.2) is 47.4 Å². The van der Waals surface area contributed by atoms with Gasteiger partial charge >= 0.3 is 0 Å².